The average Bonchev–Trinajstić information content (AvgIpc) is 2.45. The van der Waals surface area contributed by atoms with Crippen LogP contribution in [0, 0.1) is 11.3 Å². The van der Waals surface area contributed by atoms with Crippen LogP contribution < -0.4 is 0 Å². The number of rotatable bonds is 6. The Morgan fingerprint density at radius 3 is 2.68 bits per heavy atom. The van der Waals surface area contributed by atoms with Crippen LogP contribution in [-0.4, -0.2) is 13.1 Å². The van der Waals surface area contributed by atoms with Crippen molar-refractivity contribution in [1.82, 2.24) is 0 Å². The van der Waals surface area contributed by atoms with Crippen molar-refractivity contribution in [1.29, 1.82) is 0 Å². The molecular formula is C20H32O2. The minimum Gasteiger partial charge on any atom is -0.469 e. The summed E-state index contributed by atoms with van der Waals surface area (Å²) in [6.45, 7) is 11.1. The highest BCUT2D eigenvalue weighted by Gasteiger charge is 2.27. The molecule has 1 atom stereocenters. The zero-order chi connectivity index (χ0) is 16.8. The van der Waals surface area contributed by atoms with E-state index in [1.165, 1.54) is 31.9 Å². The summed E-state index contributed by atoms with van der Waals surface area (Å²) < 4.78 is 4.71. The number of methoxy groups -OCH3 is 1. The third-order valence-corrected chi connectivity index (χ3v) is 4.81. The first-order valence-electron chi connectivity index (χ1n) is 8.39. The Labute approximate surface area is 136 Å². The van der Waals surface area contributed by atoms with Gasteiger partial charge in [0.25, 0.3) is 0 Å². The van der Waals surface area contributed by atoms with Crippen molar-refractivity contribution in [2.45, 2.75) is 66.7 Å². The van der Waals surface area contributed by atoms with Crippen molar-refractivity contribution in [3.63, 3.8) is 0 Å². The summed E-state index contributed by atoms with van der Waals surface area (Å²) in [7, 11) is 1.43. The van der Waals surface area contributed by atoms with Gasteiger partial charge >= 0.3 is 5.97 Å². The van der Waals surface area contributed by atoms with Crippen LogP contribution in [0.1, 0.15) is 66.7 Å². The van der Waals surface area contributed by atoms with Crippen molar-refractivity contribution in [2.24, 2.45) is 11.3 Å². The summed E-state index contributed by atoms with van der Waals surface area (Å²) in [6, 6.07) is 0. The van der Waals surface area contributed by atoms with E-state index >= 15 is 0 Å². The molecular weight excluding hydrogens is 272 g/mol. The molecule has 2 heteroatoms. The summed E-state index contributed by atoms with van der Waals surface area (Å²) in [5.74, 6) is -0.372. The topological polar surface area (TPSA) is 26.3 Å². The number of hydrogen-bond donors (Lipinski definition) is 0. The molecule has 0 aromatic carbocycles. The van der Waals surface area contributed by atoms with Crippen LogP contribution >= 0.6 is 0 Å². The van der Waals surface area contributed by atoms with Crippen molar-refractivity contribution < 1.29 is 9.53 Å². The first-order chi connectivity index (χ1) is 10.3. The van der Waals surface area contributed by atoms with E-state index in [-0.39, 0.29) is 11.9 Å². The van der Waals surface area contributed by atoms with E-state index in [1.54, 1.807) is 11.1 Å². The van der Waals surface area contributed by atoms with Gasteiger partial charge in [-0.25, -0.2) is 0 Å². The Morgan fingerprint density at radius 1 is 1.41 bits per heavy atom. The molecule has 0 spiro atoms. The van der Waals surface area contributed by atoms with E-state index < -0.39 is 0 Å². The molecule has 0 fully saturated rings. The molecule has 2 nitrogen and oxygen atoms in total. The highest BCUT2D eigenvalue weighted by molar-refractivity contribution is 5.73. The Hall–Kier alpha value is -1.31. The number of carbonyl (C=O) groups excluding carboxylic acids is 1. The predicted molar refractivity (Wildman–Crippen MR) is 93.6 cm³/mol. The third kappa shape index (κ3) is 5.47. The minimum absolute atomic E-state index is 0.184. The van der Waals surface area contributed by atoms with Gasteiger partial charge in [0.15, 0.2) is 0 Å². The summed E-state index contributed by atoms with van der Waals surface area (Å²) in [5.41, 5.74) is 4.96. The molecule has 0 aromatic rings. The molecule has 1 rings (SSSR count). The standard InChI is InChI=1S/C20H32O2/c1-15(9-7-10-17(3)19(21)22-6)12-13-18-16(2)11-8-14-20(18,4)5/h7,9-10,17H,8,11-14H2,1-6H3. The fourth-order valence-corrected chi connectivity index (χ4v) is 3.28. The first kappa shape index (κ1) is 18.7. The van der Waals surface area contributed by atoms with Gasteiger partial charge in [0.05, 0.1) is 13.0 Å². The summed E-state index contributed by atoms with van der Waals surface area (Å²) >= 11 is 0. The second-order valence-electron chi connectivity index (χ2n) is 7.21. The Morgan fingerprint density at radius 2 is 2.09 bits per heavy atom. The lowest BCUT2D eigenvalue weighted by Gasteiger charge is -2.34. The Kier molecular flexibility index (Phi) is 7.12. The molecule has 0 heterocycles. The van der Waals surface area contributed by atoms with Crippen LogP contribution in [0.2, 0.25) is 0 Å². The molecule has 0 N–H and O–H groups in total. The van der Waals surface area contributed by atoms with E-state index in [9.17, 15) is 4.79 Å². The van der Waals surface area contributed by atoms with Gasteiger partial charge in [-0.15, -0.1) is 0 Å². The third-order valence-electron chi connectivity index (χ3n) is 4.81. The molecule has 0 amide bonds. The number of hydrogen-bond acceptors (Lipinski definition) is 2. The largest absolute Gasteiger partial charge is 0.469 e. The van der Waals surface area contributed by atoms with Crippen molar-refractivity contribution in [2.75, 3.05) is 7.11 Å². The number of esters is 1. The number of ether oxygens (including phenoxy) is 1. The van der Waals surface area contributed by atoms with Crippen molar-refractivity contribution in [3.8, 4) is 0 Å². The highest BCUT2D eigenvalue weighted by atomic mass is 16.5. The molecule has 1 unspecified atom stereocenters. The molecule has 124 valence electrons. The zero-order valence-corrected chi connectivity index (χ0v) is 15.2. The van der Waals surface area contributed by atoms with Crippen LogP contribution in [-0.2, 0) is 9.53 Å². The van der Waals surface area contributed by atoms with Gasteiger partial charge in [-0.05, 0) is 58.3 Å². The van der Waals surface area contributed by atoms with Crippen molar-refractivity contribution in [3.05, 3.63) is 34.9 Å². The second-order valence-corrected chi connectivity index (χ2v) is 7.21. The quantitative estimate of drug-likeness (QED) is 0.362. The van der Waals surface area contributed by atoms with Gasteiger partial charge in [-0.2, -0.15) is 0 Å². The van der Waals surface area contributed by atoms with Crippen molar-refractivity contribution >= 4 is 5.97 Å². The van der Waals surface area contributed by atoms with E-state index in [4.69, 9.17) is 4.74 Å². The summed E-state index contributed by atoms with van der Waals surface area (Å²) in [5, 5.41) is 0. The molecule has 0 aromatic heterocycles. The normalized spacial score (nSPS) is 20.4. The van der Waals surface area contributed by atoms with Crippen LogP contribution in [0.4, 0.5) is 0 Å². The van der Waals surface area contributed by atoms with Gasteiger partial charge in [0, 0.05) is 0 Å². The lowest BCUT2D eigenvalue weighted by molar-refractivity contribution is -0.143. The summed E-state index contributed by atoms with van der Waals surface area (Å²) in [4.78, 5) is 11.3. The molecule has 0 bridgehead atoms. The molecule has 22 heavy (non-hydrogen) atoms. The first-order valence-corrected chi connectivity index (χ1v) is 8.39. The average molecular weight is 304 g/mol. The Balaban J connectivity index is 2.58. The van der Waals surface area contributed by atoms with Crippen LogP contribution in [0.15, 0.2) is 34.9 Å². The number of allylic oxidation sites excluding steroid dienone is 5. The molecule has 0 saturated heterocycles. The Bertz CT molecular complexity index is 478. The molecule has 1 aliphatic rings. The van der Waals surface area contributed by atoms with Gasteiger partial charge in [-0.3, -0.25) is 4.79 Å². The molecule has 0 radical (unpaired) electrons. The van der Waals surface area contributed by atoms with Crippen LogP contribution in [0.5, 0.6) is 0 Å². The maximum Gasteiger partial charge on any atom is 0.312 e. The maximum absolute atomic E-state index is 11.3. The minimum atomic E-state index is -0.188. The van der Waals surface area contributed by atoms with E-state index in [0.717, 1.165) is 12.8 Å². The molecule has 1 aliphatic carbocycles. The SMILES string of the molecule is COC(=O)C(C)C=CC=C(C)CCC1=C(C)CCCC1(C)C. The fourth-order valence-electron chi connectivity index (χ4n) is 3.28. The van der Waals surface area contributed by atoms with Crippen LogP contribution in [0.3, 0.4) is 0 Å². The van der Waals surface area contributed by atoms with Gasteiger partial charge in [-0.1, -0.05) is 48.8 Å². The van der Waals surface area contributed by atoms with E-state index in [0.29, 0.717) is 5.41 Å². The predicted octanol–water partition coefficient (Wildman–Crippen LogP) is 5.60. The highest BCUT2D eigenvalue weighted by Crippen LogP contribution is 2.42. The molecule has 0 saturated carbocycles. The monoisotopic (exact) mass is 304 g/mol. The molecule has 0 aliphatic heterocycles. The van der Waals surface area contributed by atoms with E-state index in [1.807, 2.05) is 19.1 Å². The number of carbonyl (C=O) groups is 1. The van der Waals surface area contributed by atoms with Gasteiger partial charge in [0.2, 0.25) is 0 Å². The summed E-state index contributed by atoms with van der Waals surface area (Å²) in [6.07, 6.45) is 12.1. The lowest BCUT2D eigenvalue weighted by atomic mass is 9.71. The van der Waals surface area contributed by atoms with Gasteiger partial charge < -0.3 is 4.74 Å². The zero-order valence-electron chi connectivity index (χ0n) is 15.2. The smallest absolute Gasteiger partial charge is 0.312 e. The van der Waals surface area contributed by atoms with Crippen LogP contribution in [0.25, 0.3) is 0 Å². The fraction of sp³-hybridized carbons (Fsp3) is 0.650. The van der Waals surface area contributed by atoms with Gasteiger partial charge in [0.1, 0.15) is 0 Å². The lowest BCUT2D eigenvalue weighted by Crippen LogP contribution is -2.20. The van der Waals surface area contributed by atoms with E-state index in [2.05, 4.69) is 33.8 Å². The second kappa shape index (κ2) is 8.36. The maximum atomic E-state index is 11.3.